The van der Waals surface area contributed by atoms with Gasteiger partial charge in [-0.3, -0.25) is 0 Å². The zero-order chi connectivity index (χ0) is 21.0. The Hall–Kier alpha value is -2.10. The fourth-order valence-corrected chi connectivity index (χ4v) is 5.44. The molecule has 3 aromatic carbocycles. The van der Waals surface area contributed by atoms with Gasteiger partial charge in [0.25, 0.3) is 0 Å². The first-order chi connectivity index (χ1) is 13.7. The van der Waals surface area contributed by atoms with E-state index >= 15 is 0 Å². The molecule has 0 amide bonds. The molecule has 5 nitrogen and oxygen atoms in total. The first-order valence-electron chi connectivity index (χ1n) is 8.53. The van der Waals surface area contributed by atoms with Crippen LogP contribution in [0.25, 0.3) is 31.7 Å². The third-order valence-electron chi connectivity index (χ3n) is 4.02. The zero-order valence-corrected chi connectivity index (χ0v) is 18.1. The van der Waals surface area contributed by atoms with Crippen LogP contribution in [0.3, 0.4) is 0 Å². The van der Waals surface area contributed by atoms with Crippen molar-refractivity contribution in [2.24, 2.45) is 0 Å². The molecule has 0 unspecified atom stereocenters. The number of hydrogen-bond donors (Lipinski definition) is 0. The molecule has 0 aliphatic rings. The van der Waals surface area contributed by atoms with Crippen molar-refractivity contribution < 1.29 is 28.9 Å². The van der Waals surface area contributed by atoms with Gasteiger partial charge in [0.2, 0.25) is 0 Å². The SMILES string of the molecule is C[N+](C)=c1sc(-c2ccccc2)c(-c2cccc3ccccc23)s1.[O-][Cl+3]([O-])([O-])[O-]. The lowest BCUT2D eigenvalue weighted by atomic mass is 10.0. The predicted octanol–water partition coefficient (Wildman–Crippen LogP) is 0.573. The van der Waals surface area contributed by atoms with Gasteiger partial charge in [-0.1, -0.05) is 95.5 Å². The number of benzene rings is 3. The van der Waals surface area contributed by atoms with E-state index in [1.165, 1.54) is 35.6 Å². The van der Waals surface area contributed by atoms with Gasteiger partial charge >= 0.3 is 3.98 Å². The van der Waals surface area contributed by atoms with E-state index < -0.39 is 10.2 Å². The van der Waals surface area contributed by atoms with E-state index in [1.807, 2.05) is 22.7 Å². The molecular formula is C21H18ClNO4S2. The molecule has 150 valence electrons. The molecule has 4 rings (SSSR count). The lowest BCUT2D eigenvalue weighted by Gasteiger charge is -2.17. The smallest absolute Gasteiger partial charge is 0.222 e. The molecule has 0 atom stereocenters. The van der Waals surface area contributed by atoms with Crippen molar-refractivity contribution in [3.05, 3.63) is 76.8 Å². The second-order valence-electron chi connectivity index (χ2n) is 6.29. The minimum absolute atomic E-state index is 1.29. The summed E-state index contributed by atoms with van der Waals surface area (Å²) in [5.41, 5.74) is 2.61. The highest BCUT2D eigenvalue weighted by atomic mass is 35.7. The summed E-state index contributed by atoms with van der Waals surface area (Å²) in [7, 11) is -0.714. The fourth-order valence-electron chi connectivity index (χ4n) is 2.85. The number of hydrogen-bond acceptors (Lipinski definition) is 6. The molecule has 1 heterocycles. The van der Waals surface area contributed by atoms with Gasteiger partial charge in [-0.05, 0) is 16.3 Å². The summed E-state index contributed by atoms with van der Waals surface area (Å²) in [5, 5.41) is 2.61. The Labute approximate surface area is 178 Å². The largest absolute Gasteiger partial charge is 0.314 e. The predicted molar refractivity (Wildman–Crippen MR) is 108 cm³/mol. The van der Waals surface area contributed by atoms with Gasteiger partial charge < -0.3 is 0 Å². The quantitative estimate of drug-likeness (QED) is 0.420. The van der Waals surface area contributed by atoms with Crippen LogP contribution >= 0.6 is 22.7 Å². The summed E-state index contributed by atoms with van der Waals surface area (Å²) in [5.74, 6) is 0. The van der Waals surface area contributed by atoms with Crippen molar-refractivity contribution in [1.82, 2.24) is 4.58 Å². The van der Waals surface area contributed by atoms with Crippen molar-refractivity contribution >= 4 is 33.4 Å². The minimum Gasteiger partial charge on any atom is -0.222 e. The Morgan fingerprint density at radius 1 is 0.690 bits per heavy atom. The van der Waals surface area contributed by atoms with Gasteiger partial charge in [-0.2, -0.15) is 0 Å². The molecule has 0 aliphatic heterocycles. The van der Waals surface area contributed by atoms with Crippen LogP contribution in [0.2, 0.25) is 0 Å². The normalized spacial score (nSPS) is 11.1. The monoisotopic (exact) mass is 447 g/mol. The molecule has 0 N–H and O–H groups in total. The fraction of sp³-hybridized carbons (Fsp3) is 0.0952. The lowest BCUT2D eigenvalue weighted by Crippen LogP contribution is -2.68. The summed E-state index contributed by atoms with van der Waals surface area (Å²) in [4.78, 5) is 2.70. The van der Waals surface area contributed by atoms with Crippen molar-refractivity contribution in [2.45, 2.75) is 0 Å². The maximum absolute atomic E-state index is 8.49. The standard InChI is InChI=1S/C21H18NS2.ClHO4/c1-22(2)21-23-19(16-10-4-3-5-11-16)20(24-21)18-14-8-12-15-9-6-7-13-17(15)18;2-1(3,4)5/h3-14H,1-2H3;(H,2,3,4,5)/q+1;/p-1. The van der Waals surface area contributed by atoms with E-state index in [1.54, 1.807) is 0 Å². The van der Waals surface area contributed by atoms with Crippen LogP contribution in [0.1, 0.15) is 0 Å². The first kappa shape index (κ1) is 21.6. The van der Waals surface area contributed by atoms with Crippen molar-refractivity contribution in [1.29, 1.82) is 0 Å². The Bertz CT molecular complexity index is 1170. The third-order valence-corrected chi connectivity index (χ3v) is 7.00. The Morgan fingerprint density at radius 3 is 1.90 bits per heavy atom. The lowest BCUT2D eigenvalue weighted by molar-refractivity contribution is -2.00. The molecule has 0 radical (unpaired) electrons. The molecule has 0 fully saturated rings. The molecule has 0 aliphatic carbocycles. The summed E-state index contributed by atoms with van der Waals surface area (Å²) in [6.45, 7) is 0. The Balaban J connectivity index is 0.000000431. The highest BCUT2D eigenvalue weighted by Gasteiger charge is 2.16. The van der Waals surface area contributed by atoms with Gasteiger partial charge in [0.15, 0.2) is 0 Å². The number of fused-ring (bicyclic) bond motifs is 1. The van der Waals surface area contributed by atoms with Gasteiger partial charge in [0.1, 0.15) is 14.1 Å². The Morgan fingerprint density at radius 2 is 1.24 bits per heavy atom. The van der Waals surface area contributed by atoms with Crippen molar-refractivity contribution in [2.75, 3.05) is 14.1 Å². The summed E-state index contributed by atoms with van der Waals surface area (Å²) in [6.07, 6.45) is 0. The van der Waals surface area contributed by atoms with E-state index in [-0.39, 0.29) is 0 Å². The number of nitrogens with zero attached hydrogens (tertiary/aromatic N) is 1. The van der Waals surface area contributed by atoms with Gasteiger partial charge in [-0.25, -0.2) is 23.2 Å². The van der Waals surface area contributed by atoms with Crippen molar-refractivity contribution in [3.8, 4) is 20.9 Å². The average molecular weight is 448 g/mol. The summed E-state index contributed by atoms with van der Waals surface area (Å²) in [6, 6.07) is 25.9. The molecular weight excluding hydrogens is 430 g/mol. The Kier molecular flexibility index (Phi) is 6.81. The van der Waals surface area contributed by atoms with E-state index in [0.29, 0.717) is 0 Å². The van der Waals surface area contributed by atoms with Crippen LogP contribution in [0.5, 0.6) is 0 Å². The minimum atomic E-state index is -4.94. The second-order valence-corrected chi connectivity index (χ2v) is 9.31. The maximum Gasteiger partial charge on any atom is 0.314 e. The molecule has 29 heavy (non-hydrogen) atoms. The highest BCUT2D eigenvalue weighted by Crippen LogP contribution is 2.40. The zero-order valence-electron chi connectivity index (χ0n) is 15.7. The van der Waals surface area contributed by atoms with Gasteiger partial charge in [0, 0.05) is 5.56 Å². The average Bonchev–Trinajstić information content (AvgIpc) is 3.12. The molecule has 4 aromatic rings. The molecule has 8 heteroatoms. The van der Waals surface area contributed by atoms with E-state index in [0.717, 1.165) is 0 Å². The second kappa shape index (κ2) is 9.15. The molecule has 0 saturated heterocycles. The van der Waals surface area contributed by atoms with E-state index in [4.69, 9.17) is 18.6 Å². The van der Waals surface area contributed by atoms with Crippen LogP contribution < -0.4 is 27.2 Å². The number of halogens is 1. The van der Waals surface area contributed by atoms with Crippen LogP contribution in [0, 0.1) is 10.2 Å². The molecule has 0 saturated carbocycles. The van der Waals surface area contributed by atoms with Crippen LogP contribution in [0.4, 0.5) is 0 Å². The molecule has 0 spiro atoms. The third kappa shape index (κ3) is 5.71. The molecule has 1 aromatic heterocycles. The van der Waals surface area contributed by atoms with Crippen LogP contribution in [-0.2, 0) is 0 Å². The number of rotatable bonds is 2. The topological polar surface area (TPSA) is 95.2 Å². The van der Waals surface area contributed by atoms with Crippen LogP contribution in [0.15, 0.2) is 72.8 Å². The first-order valence-corrected chi connectivity index (χ1v) is 11.4. The van der Waals surface area contributed by atoms with Gasteiger partial charge in [0.05, 0.1) is 9.75 Å². The van der Waals surface area contributed by atoms with E-state index in [2.05, 4.69) is 91.5 Å². The highest BCUT2D eigenvalue weighted by molar-refractivity contribution is 7.32. The van der Waals surface area contributed by atoms with Gasteiger partial charge in [-0.15, -0.1) is 10.2 Å². The summed E-state index contributed by atoms with van der Waals surface area (Å²) < 4.78 is 37.5. The maximum atomic E-state index is 8.49. The summed E-state index contributed by atoms with van der Waals surface area (Å²) >= 11 is 3.74. The van der Waals surface area contributed by atoms with Crippen LogP contribution in [-0.4, -0.2) is 14.1 Å². The van der Waals surface area contributed by atoms with E-state index in [9.17, 15) is 0 Å². The molecule has 0 bridgehead atoms. The van der Waals surface area contributed by atoms with Crippen molar-refractivity contribution in [3.63, 3.8) is 0 Å².